The third-order valence-electron chi connectivity index (χ3n) is 6.08. The number of nitrogens with zero attached hydrogens (tertiary/aromatic N) is 3. The minimum absolute atomic E-state index is 0.0533. The molecule has 34 heavy (non-hydrogen) atoms. The van der Waals surface area contributed by atoms with E-state index in [1.165, 1.54) is 13.0 Å². The van der Waals surface area contributed by atoms with Crippen molar-refractivity contribution < 1.29 is 30.4 Å². The number of halogens is 5. The lowest BCUT2D eigenvalue weighted by atomic mass is 9.92. The van der Waals surface area contributed by atoms with Gasteiger partial charge in [-0.3, -0.25) is 4.98 Å². The van der Waals surface area contributed by atoms with Crippen LogP contribution in [-0.2, 0) is 10.0 Å². The van der Waals surface area contributed by atoms with Crippen LogP contribution in [-0.4, -0.2) is 30.2 Å². The normalized spacial score (nSPS) is 15.8. The molecule has 1 N–H and O–H groups in total. The quantitative estimate of drug-likeness (QED) is 0.495. The van der Waals surface area contributed by atoms with Gasteiger partial charge in [-0.15, -0.1) is 0 Å². The molecule has 2 aromatic heterocycles. The van der Waals surface area contributed by atoms with Crippen LogP contribution in [0.2, 0.25) is 0 Å². The number of fused-ring (bicyclic) bond motifs is 1. The smallest absolute Gasteiger partial charge is 0.335 e. The van der Waals surface area contributed by atoms with Crippen LogP contribution in [0.25, 0.3) is 22.3 Å². The van der Waals surface area contributed by atoms with Crippen LogP contribution in [0.4, 0.5) is 22.0 Å². The average molecular weight is 498 g/mol. The summed E-state index contributed by atoms with van der Waals surface area (Å²) < 4.78 is 95.7. The molecule has 1 aromatic carbocycles. The van der Waals surface area contributed by atoms with E-state index in [0.717, 1.165) is 24.8 Å². The van der Waals surface area contributed by atoms with Gasteiger partial charge in [0, 0.05) is 17.8 Å². The second-order valence-electron chi connectivity index (χ2n) is 8.25. The molecule has 12 heteroatoms. The van der Waals surface area contributed by atoms with Crippen molar-refractivity contribution in [3.63, 3.8) is 0 Å². The third kappa shape index (κ3) is 3.92. The number of aromatic nitrogens is 2. The maximum absolute atomic E-state index is 15.0. The van der Waals surface area contributed by atoms with Gasteiger partial charge in [-0.05, 0) is 51.3 Å². The molecule has 2 heterocycles. The van der Waals surface area contributed by atoms with Crippen molar-refractivity contribution >= 4 is 20.9 Å². The fourth-order valence-corrected chi connectivity index (χ4v) is 5.10. The molecule has 1 atom stereocenters. The minimum Gasteiger partial charge on any atom is -0.335 e. The second kappa shape index (κ2) is 8.32. The Bertz CT molecular complexity index is 1420. The Morgan fingerprint density at radius 2 is 1.94 bits per heavy atom. The zero-order chi connectivity index (χ0) is 25.0. The van der Waals surface area contributed by atoms with Gasteiger partial charge < -0.3 is 4.57 Å². The average Bonchev–Trinajstić information content (AvgIpc) is 3.03. The second-order valence-corrected chi connectivity index (χ2v) is 9.96. The van der Waals surface area contributed by atoms with E-state index in [-0.39, 0.29) is 39.5 Å². The lowest BCUT2D eigenvalue weighted by molar-refractivity contribution is -0.147. The Kier molecular flexibility index (Phi) is 5.90. The first-order chi connectivity index (χ1) is 15.9. The molecule has 0 radical (unpaired) electrons. The summed E-state index contributed by atoms with van der Waals surface area (Å²) in [6, 6.07) is 2.96. The van der Waals surface area contributed by atoms with E-state index in [0.29, 0.717) is 19.8 Å². The highest BCUT2D eigenvalue weighted by atomic mass is 32.2. The molecule has 1 aliphatic carbocycles. The number of hydrogen-bond acceptors (Lipinski definition) is 4. The SMILES string of the molecule is Cc1c(F)cc2c(c1F)c(C#N)c(-c1ccc(S(=O)(=O)N[C@@H](C)C(F)(F)F)cn1)n2C1CCC1. The highest BCUT2D eigenvalue weighted by Gasteiger charge is 2.39. The van der Waals surface area contributed by atoms with Crippen molar-refractivity contribution in [3.8, 4) is 17.5 Å². The third-order valence-corrected chi connectivity index (χ3v) is 7.60. The monoisotopic (exact) mass is 498 g/mol. The number of nitrogens with one attached hydrogen (secondary N) is 1. The fourth-order valence-electron chi connectivity index (χ4n) is 3.92. The molecule has 1 saturated carbocycles. The molecule has 6 nitrogen and oxygen atoms in total. The first-order valence-corrected chi connectivity index (χ1v) is 11.8. The van der Waals surface area contributed by atoms with Crippen LogP contribution in [0.1, 0.15) is 43.4 Å². The van der Waals surface area contributed by atoms with Gasteiger partial charge in [0.25, 0.3) is 0 Å². The van der Waals surface area contributed by atoms with Gasteiger partial charge in [0.15, 0.2) is 0 Å². The van der Waals surface area contributed by atoms with Crippen LogP contribution in [0.3, 0.4) is 0 Å². The van der Waals surface area contributed by atoms with E-state index in [1.807, 2.05) is 6.07 Å². The highest BCUT2D eigenvalue weighted by molar-refractivity contribution is 7.89. The van der Waals surface area contributed by atoms with E-state index in [2.05, 4.69) is 4.98 Å². The summed E-state index contributed by atoms with van der Waals surface area (Å²) >= 11 is 0. The van der Waals surface area contributed by atoms with Crippen LogP contribution in [0.5, 0.6) is 0 Å². The Morgan fingerprint density at radius 1 is 1.26 bits per heavy atom. The summed E-state index contributed by atoms with van der Waals surface area (Å²) in [5.74, 6) is -1.63. The zero-order valence-electron chi connectivity index (χ0n) is 18.0. The predicted octanol–water partition coefficient (Wildman–Crippen LogP) is 5.12. The van der Waals surface area contributed by atoms with Gasteiger partial charge in [-0.1, -0.05) is 0 Å². The summed E-state index contributed by atoms with van der Waals surface area (Å²) in [6.45, 7) is 1.93. The zero-order valence-corrected chi connectivity index (χ0v) is 18.9. The summed E-state index contributed by atoms with van der Waals surface area (Å²) in [5.41, 5.74) is 0.192. The Labute approximate surface area is 192 Å². The molecule has 0 unspecified atom stereocenters. The number of sulfonamides is 1. The standard InChI is InChI=1S/C22H19F5N4O2S/c1-11-16(23)8-18-19(20(11)24)15(9-28)21(31(18)13-4-3-5-13)17-7-6-14(10-29-17)34(32,33)30-12(2)22(25,26)27/h6-8,10,12-13,30H,3-5H2,1-2H3/t12-/m0/s1. The number of benzene rings is 1. The van der Waals surface area contributed by atoms with Crippen molar-refractivity contribution in [3.05, 3.63) is 47.2 Å². The van der Waals surface area contributed by atoms with Crippen molar-refractivity contribution in [2.24, 2.45) is 0 Å². The number of rotatable bonds is 5. The highest BCUT2D eigenvalue weighted by Crippen LogP contribution is 2.43. The van der Waals surface area contributed by atoms with Gasteiger partial charge in [-0.25, -0.2) is 17.2 Å². The summed E-state index contributed by atoms with van der Waals surface area (Å²) in [7, 11) is -4.53. The van der Waals surface area contributed by atoms with Crippen LogP contribution in [0.15, 0.2) is 29.3 Å². The molecular formula is C22H19F5N4O2S. The summed E-state index contributed by atoms with van der Waals surface area (Å²) in [6.07, 6.45) is -1.60. The number of hydrogen-bond donors (Lipinski definition) is 1. The fraction of sp³-hybridized carbons (Fsp3) is 0.364. The van der Waals surface area contributed by atoms with Gasteiger partial charge in [0.05, 0.1) is 27.9 Å². The maximum atomic E-state index is 15.0. The molecule has 0 saturated heterocycles. The van der Waals surface area contributed by atoms with Gasteiger partial charge in [0.2, 0.25) is 10.0 Å². The molecule has 1 aliphatic rings. The molecule has 0 spiro atoms. The summed E-state index contributed by atoms with van der Waals surface area (Å²) in [5, 5.41) is 9.79. The molecule has 1 fully saturated rings. The molecule has 0 bridgehead atoms. The van der Waals surface area contributed by atoms with Crippen LogP contribution < -0.4 is 4.72 Å². The van der Waals surface area contributed by atoms with Gasteiger partial charge >= 0.3 is 6.18 Å². The first-order valence-electron chi connectivity index (χ1n) is 10.3. The molecule has 180 valence electrons. The number of pyridine rings is 1. The summed E-state index contributed by atoms with van der Waals surface area (Å²) in [4.78, 5) is 3.57. The van der Waals surface area contributed by atoms with Crippen LogP contribution >= 0.6 is 0 Å². The van der Waals surface area contributed by atoms with Crippen molar-refractivity contribution in [1.29, 1.82) is 5.26 Å². The maximum Gasteiger partial charge on any atom is 0.404 e. The predicted molar refractivity (Wildman–Crippen MR) is 113 cm³/mol. The van der Waals surface area contributed by atoms with Crippen molar-refractivity contribution in [2.75, 3.05) is 0 Å². The van der Waals surface area contributed by atoms with Crippen molar-refractivity contribution in [1.82, 2.24) is 14.3 Å². The van der Waals surface area contributed by atoms with Crippen LogP contribution in [0, 0.1) is 29.9 Å². The number of alkyl halides is 3. The molecule has 3 aromatic rings. The minimum atomic E-state index is -4.77. The first kappa shape index (κ1) is 24.1. The molecule has 0 aliphatic heterocycles. The van der Waals surface area contributed by atoms with Gasteiger partial charge in [-0.2, -0.15) is 23.2 Å². The Hall–Kier alpha value is -3.04. The van der Waals surface area contributed by atoms with Crippen molar-refractivity contribution in [2.45, 2.75) is 56.3 Å². The molecule has 0 amide bonds. The lowest BCUT2D eigenvalue weighted by Gasteiger charge is -2.30. The molecular weight excluding hydrogens is 479 g/mol. The van der Waals surface area contributed by atoms with E-state index >= 15 is 4.39 Å². The topological polar surface area (TPSA) is 87.8 Å². The van der Waals surface area contributed by atoms with E-state index in [4.69, 9.17) is 0 Å². The van der Waals surface area contributed by atoms with E-state index in [9.17, 15) is 31.2 Å². The van der Waals surface area contributed by atoms with Gasteiger partial charge in [0.1, 0.15) is 28.6 Å². The Balaban J connectivity index is 1.86. The Morgan fingerprint density at radius 3 is 2.44 bits per heavy atom. The lowest BCUT2D eigenvalue weighted by Crippen LogP contribution is -2.42. The van der Waals surface area contributed by atoms with E-state index < -0.39 is 38.8 Å². The number of nitriles is 1. The van der Waals surface area contributed by atoms with E-state index in [1.54, 1.807) is 9.29 Å². The largest absolute Gasteiger partial charge is 0.404 e. The molecule has 4 rings (SSSR count).